The summed E-state index contributed by atoms with van der Waals surface area (Å²) in [5.41, 5.74) is 2.76. The highest BCUT2D eigenvalue weighted by Gasteiger charge is 2.35. The molecule has 1 atom stereocenters. The summed E-state index contributed by atoms with van der Waals surface area (Å²) >= 11 is 0. The zero-order valence-corrected chi connectivity index (χ0v) is 12.5. The fourth-order valence-electron chi connectivity index (χ4n) is 3.24. The highest BCUT2D eigenvalue weighted by atomic mass is 16.3. The molecule has 0 radical (unpaired) electrons. The molecule has 1 aromatic rings. The standard InChI is InChI=1S/C17H27NO/c1-4-17(5-2)9-10-18(13-17)12-16(19)15-8-6-7-14(3)11-15/h6-8,11,16,19H,4-5,9-10,12-13H2,1-3H3. The van der Waals surface area contributed by atoms with Crippen molar-refractivity contribution in [2.75, 3.05) is 19.6 Å². The molecule has 0 spiro atoms. The third-order valence-electron chi connectivity index (χ3n) is 4.88. The number of rotatable bonds is 5. The molecule has 2 heteroatoms. The number of likely N-dealkylation sites (tertiary alicyclic amines) is 1. The topological polar surface area (TPSA) is 23.5 Å². The van der Waals surface area contributed by atoms with Crippen LogP contribution in [0.15, 0.2) is 24.3 Å². The third-order valence-corrected chi connectivity index (χ3v) is 4.88. The maximum atomic E-state index is 10.4. The lowest BCUT2D eigenvalue weighted by Gasteiger charge is -2.27. The molecule has 0 aromatic heterocycles. The second-order valence-electron chi connectivity index (χ2n) is 6.12. The Morgan fingerprint density at radius 3 is 2.63 bits per heavy atom. The lowest BCUT2D eigenvalue weighted by molar-refractivity contribution is 0.117. The van der Waals surface area contributed by atoms with Crippen molar-refractivity contribution in [2.45, 2.75) is 46.1 Å². The number of nitrogens with zero attached hydrogens (tertiary/aromatic N) is 1. The number of hydrogen-bond acceptors (Lipinski definition) is 2. The maximum absolute atomic E-state index is 10.4. The SMILES string of the molecule is CCC1(CC)CCN(CC(O)c2cccc(C)c2)C1. The Kier molecular flexibility index (Phi) is 4.64. The quantitative estimate of drug-likeness (QED) is 0.876. The Morgan fingerprint density at radius 1 is 1.32 bits per heavy atom. The predicted octanol–water partition coefficient (Wildman–Crippen LogP) is 3.54. The molecule has 1 heterocycles. The number of hydrogen-bond donors (Lipinski definition) is 1. The van der Waals surface area contributed by atoms with Crippen LogP contribution in [0.2, 0.25) is 0 Å². The van der Waals surface area contributed by atoms with Crippen molar-refractivity contribution in [3.05, 3.63) is 35.4 Å². The summed E-state index contributed by atoms with van der Waals surface area (Å²) in [6.45, 7) is 9.71. The molecule has 106 valence electrons. The van der Waals surface area contributed by atoms with E-state index in [0.29, 0.717) is 5.41 Å². The van der Waals surface area contributed by atoms with E-state index in [4.69, 9.17) is 0 Å². The van der Waals surface area contributed by atoms with Crippen LogP contribution in [-0.4, -0.2) is 29.6 Å². The minimum atomic E-state index is -0.357. The van der Waals surface area contributed by atoms with Gasteiger partial charge >= 0.3 is 0 Å². The highest BCUT2D eigenvalue weighted by molar-refractivity contribution is 5.24. The van der Waals surface area contributed by atoms with Crippen LogP contribution < -0.4 is 0 Å². The first-order chi connectivity index (χ1) is 9.08. The summed E-state index contributed by atoms with van der Waals surface area (Å²) in [7, 11) is 0. The molecule has 2 rings (SSSR count). The zero-order valence-electron chi connectivity index (χ0n) is 12.5. The number of aliphatic hydroxyl groups is 1. The largest absolute Gasteiger partial charge is 0.387 e. The van der Waals surface area contributed by atoms with E-state index in [1.165, 1.54) is 24.8 Å². The van der Waals surface area contributed by atoms with Crippen LogP contribution in [0.4, 0.5) is 0 Å². The first-order valence-corrected chi connectivity index (χ1v) is 7.55. The van der Waals surface area contributed by atoms with Crippen LogP contribution in [0, 0.1) is 12.3 Å². The fourth-order valence-corrected chi connectivity index (χ4v) is 3.24. The molecule has 1 aromatic carbocycles. The molecule has 19 heavy (non-hydrogen) atoms. The average molecular weight is 261 g/mol. The van der Waals surface area contributed by atoms with Crippen molar-refractivity contribution >= 4 is 0 Å². The molecule has 1 aliphatic heterocycles. The van der Waals surface area contributed by atoms with Crippen LogP contribution in [0.5, 0.6) is 0 Å². The van der Waals surface area contributed by atoms with Crippen LogP contribution in [0.25, 0.3) is 0 Å². The van der Waals surface area contributed by atoms with E-state index >= 15 is 0 Å². The molecule has 1 fully saturated rings. The van der Waals surface area contributed by atoms with Gasteiger partial charge < -0.3 is 5.11 Å². The molecule has 1 aliphatic rings. The van der Waals surface area contributed by atoms with Crippen molar-refractivity contribution in [3.8, 4) is 0 Å². The Balaban J connectivity index is 1.95. The molecule has 1 N–H and O–H groups in total. The van der Waals surface area contributed by atoms with Gasteiger partial charge in [0.2, 0.25) is 0 Å². The van der Waals surface area contributed by atoms with Gasteiger partial charge in [-0.25, -0.2) is 0 Å². The van der Waals surface area contributed by atoms with E-state index in [1.807, 2.05) is 12.1 Å². The van der Waals surface area contributed by atoms with Gasteiger partial charge in [-0.2, -0.15) is 0 Å². The summed E-state index contributed by atoms with van der Waals surface area (Å²) in [5, 5.41) is 10.4. The number of aryl methyl sites for hydroxylation is 1. The summed E-state index contributed by atoms with van der Waals surface area (Å²) in [5.74, 6) is 0. The van der Waals surface area contributed by atoms with Crippen molar-refractivity contribution < 1.29 is 5.11 Å². The summed E-state index contributed by atoms with van der Waals surface area (Å²) in [6.07, 6.45) is 3.42. The first-order valence-electron chi connectivity index (χ1n) is 7.55. The van der Waals surface area contributed by atoms with Gasteiger partial charge in [0.15, 0.2) is 0 Å². The van der Waals surface area contributed by atoms with E-state index in [9.17, 15) is 5.11 Å². The van der Waals surface area contributed by atoms with Crippen molar-refractivity contribution in [1.29, 1.82) is 0 Å². The second-order valence-corrected chi connectivity index (χ2v) is 6.12. The summed E-state index contributed by atoms with van der Waals surface area (Å²) in [6, 6.07) is 8.22. The summed E-state index contributed by atoms with van der Waals surface area (Å²) < 4.78 is 0. The molecule has 0 amide bonds. The van der Waals surface area contributed by atoms with Gasteiger partial charge in [-0.1, -0.05) is 43.7 Å². The van der Waals surface area contributed by atoms with Gasteiger partial charge in [0.1, 0.15) is 0 Å². The summed E-state index contributed by atoms with van der Waals surface area (Å²) in [4.78, 5) is 2.43. The molecule has 0 saturated carbocycles. The average Bonchev–Trinajstić information content (AvgIpc) is 2.83. The van der Waals surface area contributed by atoms with Gasteiger partial charge in [0, 0.05) is 13.1 Å². The molecule has 0 bridgehead atoms. The Labute approximate surface area is 117 Å². The smallest absolute Gasteiger partial charge is 0.0917 e. The van der Waals surface area contributed by atoms with E-state index in [0.717, 1.165) is 25.2 Å². The molecule has 1 saturated heterocycles. The number of benzene rings is 1. The zero-order chi connectivity index (χ0) is 13.9. The van der Waals surface area contributed by atoms with Crippen LogP contribution in [0.3, 0.4) is 0 Å². The van der Waals surface area contributed by atoms with Gasteiger partial charge in [-0.3, -0.25) is 4.90 Å². The molecule has 1 unspecified atom stereocenters. The van der Waals surface area contributed by atoms with E-state index in [1.54, 1.807) is 0 Å². The van der Waals surface area contributed by atoms with Crippen molar-refractivity contribution in [2.24, 2.45) is 5.41 Å². The minimum absolute atomic E-state index is 0.357. The normalized spacial score (nSPS) is 20.6. The first kappa shape index (κ1) is 14.5. The lowest BCUT2D eigenvalue weighted by Crippen LogP contribution is -2.30. The van der Waals surface area contributed by atoms with Crippen LogP contribution >= 0.6 is 0 Å². The maximum Gasteiger partial charge on any atom is 0.0917 e. The fraction of sp³-hybridized carbons (Fsp3) is 0.647. The van der Waals surface area contributed by atoms with Crippen LogP contribution in [-0.2, 0) is 0 Å². The Hall–Kier alpha value is -0.860. The highest BCUT2D eigenvalue weighted by Crippen LogP contribution is 2.37. The third kappa shape index (κ3) is 3.37. The lowest BCUT2D eigenvalue weighted by atomic mass is 9.82. The minimum Gasteiger partial charge on any atom is -0.387 e. The number of aliphatic hydroxyl groups excluding tert-OH is 1. The monoisotopic (exact) mass is 261 g/mol. The molecule has 0 aliphatic carbocycles. The molecular weight excluding hydrogens is 234 g/mol. The molecular formula is C17H27NO. The van der Waals surface area contributed by atoms with Crippen LogP contribution in [0.1, 0.15) is 50.3 Å². The van der Waals surface area contributed by atoms with Gasteiger partial charge in [-0.05, 0) is 43.7 Å². The predicted molar refractivity (Wildman–Crippen MR) is 80.2 cm³/mol. The van der Waals surface area contributed by atoms with Crippen molar-refractivity contribution in [1.82, 2.24) is 4.90 Å². The van der Waals surface area contributed by atoms with E-state index < -0.39 is 0 Å². The Morgan fingerprint density at radius 2 is 2.05 bits per heavy atom. The van der Waals surface area contributed by atoms with E-state index in [-0.39, 0.29) is 6.10 Å². The van der Waals surface area contributed by atoms with Crippen molar-refractivity contribution in [3.63, 3.8) is 0 Å². The van der Waals surface area contributed by atoms with Gasteiger partial charge in [0.25, 0.3) is 0 Å². The Bertz CT molecular complexity index is 411. The van der Waals surface area contributed by atoms with Gasteiger partial charge in [-0.15, -0.1) is 0 Å². The van der Waals surface area contributed by atoms with Gasteiger partial charge in [0.05, 0.1) is 6.10 Å². The van der Waals surface area contributed by atoms with E-state index in [2.05, 4.69) is 37.8 Å². The number of β-amino-alcohol motifs (C(OH)–C–C–N with tert-alkyl or cyclic N) is 1. The second kappa shape index (κ2) is 6.06. The molecule has 2 nitrogen and oxygen atoms in total.